The molecule has 0 heterocycles. The Morgan fingerprint density at radius 1 is 0.565 bits per heavy atom. The molecule has 0 spiro atoms. The molecule has 0 aliphatic rings. The van der Waals surface area contributed by atoms with Crippen LogP contribution in [0.1, 0.15) is 99.6 Å². The number of aliphatic hydroxyl groups excluding tert-OH is 2. The van der Waals surface area contributed by atoms with Gasteiger partial charge in [0, 0.05) is 56.6 Å². The summed E-state index contributed by atoms with van der Waals surface area (Å²) in [4.78, 5) is 8.18. The Bertz CT molecular complexity index is 1760. The van der Waals surface area contributed by atoms with Gasteiger partial charge >= 0.3 is 0 Å². The maximum atomic E-state index is 12.1. The summed E-state index contributed by atoms with van der Waals surface area (Å²) in [5.41, 5.74) is 2.32. The first-order valence-corrected chi connectivity index (χ1v) is 15.5. The summed E-state index contributed by atoms with van der Waals surface area (Å²) in [6.45, 7) is 14.3. The van der Waals surface area contributed by atoms with Crippen molar-refractivity contribution in [2.24, 2.45) is 9.98 Å². The van der Waals surface area contributed by atoms with Crippen molar-refractivity contribution in [3.8, 4) is 45.6 Å². The first-order valence-electron chi connectivity index (χ1n) is 15.5. The van der Waals surface area contributed by atoms with Crippen molar-refractivity contribution in [2.45, 2.75) is 92.5 Å². The molecule has 246 valence electrons. The van der Waals surface area contributed by atoms with E-state index in [9.17, 15) is 40.9 Å². The van der Waals surface area contributed by atoms with Crippen LogP contribution < -0.4 is 0 Å². The molecule has 4 aromatic carbocycles. The van der Waals surface area contributed by atoms with E-state index in [-0.39, 0.29) is 67.9 Å². The summed E-state index contributed by atoms with van der Waals surface area (Å²) in [6, 6.07) is 3.51. The van der Waals surface area contributed by atoms with Crippen LogP contribution in [-0.2, 0) is 0 Å². The first kappa shape index (κ1) is 34.3. The van der Waals surface area contributed by atoms with Gasteiger partial charge in [-0.25, -0.2) is 0 Å². The number of fused-ring (bicyclic) bond motifs is 2. The van der Waals surface area contributed by atoms with E-state index >= 15 is 0 Å². The first-order chi connectivity index (χ1) is 21.6. The highest BCUT2D eigenvalue weighted by Crippen LogP contribution is 2.54. The van der Waals surface area contributed by atoms with Gasteiger partial charge in [-0.1, -0.05) is 53.7 Å². The Morgan fingerprint density at radius 3 is 1.17 bits per heavy atom. The molecule has 0 bridgehead atoms. The van der Waals surface area contributed by atoms with Crippen LogP contribution in [0.3, 0.4) is 0 Å². The Hall–Kier alpha value is -4.54. The molecule has 10 heteroatoms. The average Bonchev–Trinajstić information content (AvgIpc) is 2.98. The quantitative estimate of drug-likeness (QED) is 0.0712. The molecule has 2 atom stereocenters. The fraction of sp³-hybridized carbons (Fsp3) is 0.389. The third-order valence-electron chi connectivity index (χ3n) is 8.47. The number of hydrogen-bond donors (Lipinski definition) is 8. The number of aliphatic imine (C=N–C) groups is 2. The van der Waals surface area contributed by atoms with Gasteiger partial charge in [-0.3, -0.25) is 9.98 Å². The second-order valence-electron chi connectivity index (χ2n) is 12.4. The van der Waals surface area contributed by atoms with Gasteiger partial charge in [0.2, 0.25) is 0 Å². The summed E-state index contributed by atoms with van der Waals surface area (Å²) in [7, 11) is 0. The largest absolute Gasteiger partial charge is 0.507 e. The van der Waals surface area contributed by atoms with Crippen LogP contribution in [0.2, 0.25) is 0 Å². The summed E-state index contributed by atoms with van der Waals surface area (Å²) >= 11 is 0. The van der Waals surface area contributed by atoms with Crippen LogP contribution >= 0.6 is 0 Å². The van der Waals surface area contributed by atoms with E-state index in [1.165, 1.54) is 12.4 Å². The van der Waals surface area contributed by atoms with Crippen molar-refractivity contribution in [2.75, 3.05) is 0 Å². The number of aryl methyl sites for hydroxylation is 2. The number of phenolic OH excluding ortho intramolecular Hbond substituents is 6. The lowest BCUT2D eigenvalue weighted by Crippen LogP contribution is -2.03. The van der Waals surface area contributed by atoms with E-state index in [0.29, 0.717) is 45.9 Å². The number of phenols is 6. The third kappa shape index (κ3) is 5.67. The van der Waals surface area contributed by atoms with Crippen LogP contribution in [0.4, 0.5) is 0 Å². The van der Waals surface area contributed by atoms with Gasteiger partial charge < -0.3 is 40.9 Å². The van der Waals surface area contributed by atoms with Crippen LogP contribution in [0.25, 0.3) is 32.7 Å². The van der Waals surface area contributed by atoms with Crippen molar-refractivity contribution in [1.82, 2.24) is 0 Å². The number of rotatable bonds is 9. The molecule has 8 N–H and O–H groups in total. The highest BCUT2D eigenvalue weighted by molar-refractivity contribution is 6.15. The second-order valence-corrected chi connectivity index (χ2v) is 12.4. The fourth-order valence-corrected chi connectivity index (χ4v) is 6.16. The molecule has 0 aromatic heterocycles. The lowest BCUT2D eigenvalue weighted by Gasteiger charge is -2.23. The van der Waals surface area contributed by atoms with E-state index in [1.54, 1.807) is 39.8 Å². The average molecular weight is 633 g/mol. The van der Waals surface area contributed by atoms with Gasteiger partial charge in [-0.2, -0.15) is 0 Å². The minimum atomic E-state index is -1.08. The summed E-state index contributed by atoms with van der Waals surface area (Å²) in [5.74, 6) is -2.87. The van der Waals surface area contributed by atoms with Gasteiger partial charge in [0.1, 0.15) is 24.0 Å². The van der Waals surface area contributed by atoms with Crippen molar-refractivity contribution in [3.05, 3.63) is 45.5 Å². The smallest absolute Gasteiger partial charge is 0.167 e. The van der Waals surface area contributed by atoms with E-state index in [2.05, 4.69) is 9.98 Å². The van der Waals surface area contributed by atoms with Gasteiger partial charge in [0.05, 0.1) is 0 Å². The fourth-order valence-electron chi connectivity index (χ4n) is 6.16. The molecular formula is C36H44N2O8. The number of benzene rings is 4. The third-order valence-corrected chi connectivity index (χ3v) is 8.47. The van der Waals surface area contributed by atoms with Crippen molar-refractivity contribution >= 4 is 34.0 Å². The van der Waals surface area contributed by atoms with Crippen LogP contribution in [-0.4, -0.2) is 65.7 Å². The minimum absolute atomic E-state index is 0.00730. The molecule has 4 rings (SSSR count). The zero-order valence-electron chi connectivity index (χ0n) is 27.5. The number of nitrogens with zero attached hydrogens (tertiary/aromatic N) is 2. The lowest BCUT2D eigenvalue weighted by atomic mass is 9.83. The standard InChI is InChI=1S/C36H44N2O8/c1-9-23(39)37-13-21-29-19(25(15(3)4)35(45)31(21)41)11-17(7)27(33(29)43)28-18(8)12-20-26(16(5)6)36(46)32(42)22(30(20)34(28)44)14-38-24(40)10-2/h11-16,23-24,39-46H,9-10H2,1-8H3. The predicted molar refractivity (Wildman–Crippen MR) is 182 cm³/mol. The molecule has 0 aliphatic carbocycles. The van der Waals surface area contributed by atoms with Crippen LogP contribution in [0, 0.1) is 13.8 Å². The topological polar surface area (TPSA) is 187 Å². The summed E-state index contributed by atoms with van der Waals surface area (Å²) < 4.78 is 0. The SMILES string of the molecule is CCC(O)N=Cc1c(O)c(O)c(C(C)C)c2cc(C)c(-c3c(C)cc4c(C(C)C)c(O)c(O)c(C=NC(O)CC)c4c3O)c(O)c12. The highest BCUT2D eigenvalue weighted by Gasteiger charge is 2.29. The van der Waals surface area contributed by atoms with Crippen LogP contribution in [0.15, 0.2) is 22.1 Å². The lowest BCUT2D eigenvalue weighted by molar-refractivity contribution is 0.181. The molecule has 46 heavy (non-hydrogen) atoms. The second kappa shape index (κ2) is 13.1. The monoisotopic (exact) mass is 632 g/mol. The normalized spacial score (nSPS) is 13.7. The molecule has 0 amide bonds. The van der Waals surface area contributed by atoms with Gasteiger partial charge in [0.25, 0.3) is 0 Å². The van der Waals surface area contributed by atoms with Crippen LogP contribution in [0.5, 0.6) is 34.5 Å². The molecule has 4 aromatic rings. The minimum Gasteiger partial charge on any atom is -0.507 e. The van der Waals surface area contributed by atoms with Crippen molar-refractivity contribution in [3.63, 3.8) is 0 Å². The zero-order valence-corrected chi connectivity index (χ0v) is 27.5. The Labute approximate surface area is 268 Å². The molecule has 10 nitrogen and oxygen atoms in total. The zero-order chi connectivity index (χ0) is 34.4. The predicted octanol–water partition coefficient (Wildman–Crippen LogP) is 7.05. The summed E-state index contributed by atoms with van der Waals surface area (Å²) in [6.07, 6.45) is 0.869. The highest BCUT2D eigenvalue weighted by atomic mass is 16.3. The Morgan fingerprint density at radius 2 is 0.891 bits per heavy atom. The molecular weight excluding hydrogens is 588 g/mol. The summed E-state index contributed by atoms with van der Waals surface area (Å²) in [5, 5.41) is 90.0. The molecule has 0 fully saturated rings. The van der Waals surface area contributed by atoms with Gasteiger partial charge in [-0.15, -0.1) is 0 Å². The molecule has 0 radical (unpaired) electrons. The Balaban J connectivity index is 2.25. The maximum Gasteiger partial charge on any atom is 0.167 e. The van der Waals surface area contributed by atoms with Crippen molar-refractivity contribution < 1.29 is 40.9 Å². The Kier molecular flexibility index (Phi) is 9.75. The van der Waals surface area contributed by atoms with Gasteiger partial charge in [0.15, 0.2) is 23.0 Å². The van der Waals surface area contributed by atoms with Crippen molar-refractivity contribution in [1.29, 1.82) is 0 Å². The van der Waals surface area contributed by atoms with E-state index < -0.39 is 24.0 Å². The number of hydrogen-bond acceptors (Lipinski definition) is 10. The molecule has 0 aliphatic heterocycles. The van der Waals surface area contributed by atoms with E-state index in [4.69, 9.17) is 0 Å². The van der Waals surface area contributed by atoms with E-state index in [1.807, 2.05) is 27.7 Å². The number of aliphatic hydroxyl groups is 2. The molecule has 0 saturated carbocycles. The molecule has 0 saturated heterocycles. The van der Waals surface area contributed by atoms with Gasteiger partial charge in [-0.05, 0) is 60.4 Å². The number of aromatic hydroxyl groups is 6. The maximum absolute atomic E-state index is 12.1. The molecule has 2 unspecified atom stereocenters. The van der Waals surface area contributed by atoms with E-state index in [0.717, 1.165) is 0 Å².